The first-order valence-corrected chi connectivity index (χ1v) is 29.2. The Balaban J connectivity index is -0.000000263. The summed E-state index contributed by atoms with van der Waals surface area (Å²) in [5.41, 5.74) is 8.97. The van der Waals surface area contributed by atoms with Crippen molar-refractivity contribution in [3.05, 3.63) is 144 Å². The van der Waals surface area contributed by atoms with Crippen LogP contribution in [0.4, 0.5) is 0 Å². The van der Waals surface area contributed by atoms with Gasteiger partial charge in [0.05, 0.1) is 26.4 Å². The van der Waals surface area contributed by atoms with E-state index in [1.54, 1.807) is 18.5 Å². The van der Waals surface area contributed by atoms with Gasteiger partial charge >= 0.3 is 55.9 Å². The predicted octanol–water partition coefficient (Wildman–Crippen LogP) is 11.0. The number of halogens is 1. The second-order valence-electron chi connectivity index (χ2n) is 15.2. The number of hydrogen-bond acceptors (Lipinski definition) is 14. The van der Waals surface area contributed by atoms with Crippen LogP contribution in [-0.4, -0.2) is 112 Å². The van der Waals surface area contributed by atoms with E-state index < -0.39 is 15.5 Å². The Labute approximate surface area is 478 Å². The van der Waals surface area contributed by atoms with Gasteiger partial charge in [-0.1, -0.05) is 105 Å². The third kappa shape index (κ3) is 47.8. The van der Waals surface area contributed by atoms with Crippen LogP contribution >= 0.6 is 32.9 Å². The predicted molar refractivity (Wildman–Crippen MR) is 306 cm³/mol. The van der Waals surface area contributed by atoms with Crippen molar-refractivity contribution in [1.29, 1.82) is 0 Å². The zero-order valence-corrected chi connectivity index (χ0v) is 51.8. The number of nitrogens with one attached hydrogen (secondary N) is 3. The van der Waals surface area contributed by atoms with Gasteiger partial charge in [0.2, 0.25) is 0 Å². The van der Waals surface area contributed by atoms with Crippen LogP contribution in [0.15, 0.2) is 121 Å². The van der Waals surface area contributed by atoms with E-state index in [2.05, 4.69) is 50.4 Å². The van der Waals surface area contributed by atoms with Gasteiger partial charge < -0.3 is 21.9 Å². The summed E-state index contributed by atoms with van der Waals surface area (Å²) in [5, 5.41) is 2.91. The molecule has 0 spiro atoms. The van der Waals surface area contributed by atoms with Crippen LogP contribution in [0.2, 0.25) is 0 Å². The second-order valence-corrected chi connectivity index (χ2v) is 19.6. The van der Waals surface area contributed by atoms with Crippen molar-refractivity contribution in [3.8, 4) is 0 Å². The summed E-state index contributed by atoms with van der Waals surface area (Å²) >= 11 is 0. The summed E-state index contributed by atoms with van der Waals surface area (Å²) in [6.07, 6.45) is 1.72. The fraction of sp³-hybridized carbons (Fsp3) is 0.547. The fourth-order valence-electron chi connectivity index (χ4n) is 5.69. The van der Waals surface area contributed by atoms with Crippen molar-refractivity contribution in [2.45, 2.75) is 127 Å². The zero-order valence-electron chi connectivity index (χ0n) is 46.1. The summed E-state index contributed by atoms with van der Waals surface area (Å²) in [5.74, 6) is 0.250. The average molecular weight is 1160 g/mol. The molecule has 22 heteroatoms. The second kappa shape index (κ2) is 56.8. The first-order valence-electron chi connectivity index (χ1n) is 24.7. The third-order valence-corrected chi connectivity index (χ3v) is 13.5. The Morgan fingerprint density at radius 2 is 0.933 bits per heavy atom. The number of ether oxygens (including phenoxy) is 2. The largest absolute Gasteiger partial charge is 2.00 e. The molecule has 1 aliphatic rings. The van der Waals surface area contributed by atoms with Gasteiger partial charge in [-0.3, -0.25) is 18.1 Å². The molecule has 0 radical (unpaired) electrons. The van der Waals surface area contributed by atoms with E-state index in [-0.39, 0.29) is 78.3 Å². The van der Waals surface area contributed by atoms with E-state index in [1.807, 2.05) is 172 Å². The molecule has 16 nitrogen and oxygen atoms in total. The van der Waals surface area contributed by atoms with E-state index in [0.717, 1.165) is 45.8 Å². The molecular formula is C53H91ClMgN4O12P4. The van der Waals surface area contributed by atoms with Crippen LogP contribution in [0.1, 0.15) is 113 Å². The van der Waals surface area contributed by atoms with Gasteiger partial charge in [0.15, 0.2) is 0 Å². The molecule has 1 aliphatic heterocycles. The maximum atomic E-state index is 12.2. The first kappa shape index (κ1) is 82.0. The summed E-state index contributed by atoms with van der Waals surface area (Å²) < 4.78 is 85.1. The van der Waals surface area contributed by atoms with E-state index in [1.165, 1.54) is 16.7 Å². The summed E-state index contributed by atoms with van der Waals surface area (Å²) in [7, 11) is -6.72. The van der Waals surface area contributed by atoms with Crippen molar-refractivity contribution in [3.63, 3.8) is 0 Å². The molecule has 5 unspecified atom stereocenters. The van der Waals surface area contributed by atoms with Crippen molar-refractivity contribution in [1.82, 2.24) is 20.7 Å². The fourth-order valence-corrected chi connectivity index (χ4v) is 9.51. The minimum atomic E-state index is -3.14. The number of rotatable bonds is 27. The van der Waals surface area contributed by atoms with Gasteiger partial charge in [-0.15, -0.1) is 0 Å². The minimum absolute atomic E-state index is 0. The molecule has 4 aromatic rings. The molecule has 1 saturated heterocycles. The molecular weight excluding hydrogens is 1070 g/mol. The molecule has 0 aliphatic carbocycles. The number of benzene rings is 4. The third-order valence-electron chi connectivity index (χ3n) is 9.06. The summed E-state index contributed by atoms with van der Waals surface area (Å²) in [6.45, 7) is 29.6. The quantitative estimate of drug-likeness (QED) is 0.0168. The van der Waals surface area contributed by atoms with Crippen LogP contribution in [0, 0.1) is 6.07 Å². The average Bonchev–Trinajstić information content (AvgIpc) is 4.15. The molecule has 75 heavy (non-hydrogen) atoms. The van der Waals surface area contributed by atoms with E-state index >= 15 is 0 Å². The van der Waals surface area contributed by atoms with Crippen molar-refractivity contribution in [2.24, 2.45) is 0 Å². The number of hydroxylamine groups is 2. The molecule has 0 saturated carbocycles. The van der Waals surface area contributed by atoms with Crippen LogP contribution in [0.5, 0.6) is 0 Å². The van der Waals surface area contributed by atoms with Crippen molar-refractivity contribution < 1.29 is 67.5 Å². The van der Waals surface area contributed by atoms with Gasteiger partial charge in [0.25, 0.3) is 0 Å². The van der Waals surface area contributed by atoms with Crippen molar-refractivity contribution >= 4 is 55.9 Å². The van der Waals surface area contributed by atoms with Gasteiger partial charge in [-0.2, -0.15) is 47.4 Å². The molecule has 0 aromatic heterocycles. The monoisotopic (exact) mass is 1160 g/mol. The van der Waals surface area contributed by atoms with E-state index in [9.17, 15) is 18.3 Å². The first-order chi connectivity index (χ1) is 34.7. The molecule has 424 valence electrons. The smallest absolute Gasteiger partial charge is 1.00 e. The Kier molecular flexibility index (Phi) is 62.1. The van der Waals surface area contributed by atoms with Crippen LogP contribution in [-0.2, 0) is 67.9 Å². The molecule has 5 atom stereocenters. The topological polar surface area (TPSA) is 181 Å². The molecule has 5 rings (SSSR count). The Morgan fingerprint density at radius 3 is 1.20 bits per heavy atom. The van der Waals surface area contributed by atoms with Crippen LogP contribution < -0.4 is 28.5 Å². The van der Waals surface area contributed by atoms with E-state index in [4.69, 9.17) is 27.6 Å². The Bertz CT molecular complexity index is 1790. The molecule has 3 N–H and O–H groups in total. The molecule has 1 fully saturated rings. The summed E-state index contributed by atoms with van der Waals surface area (Å²) in [4.78, 5) is 0. The van der Waals surface area contributed by atoms with Gasteiger partial charge in [0, 0.05) is 57.6 Å². The molecule has 1 heterocycles. The van der Waals surface area contributed by atoms with Gasteiger partial charge in [-0.05, 0) is 112 Å². The van der Waals surface area contributed by atoms with Crippen LogP contribution in [0.3, 0.4) is 0 Å². The maximum absolute atomic E-state index is 12.2. The normalized spacial score (nSPS) is 14.1. The standard InChI is InChI=1S/C13H22NO3P.2C9H12NO2P.C7H16NO3P.C6H5.2C4H10O.CH4.ClH.Mg/c1-4-16-18(15,17-5-2)14-11-12(3)13-9-7-6-8-10-13;2*1-8(10-12-13-11)7-9-5-3-2-4-6-9;1-4-10-12(9,11-5-2)8-6-7(8)3;1-2-4-6-5-3-1;2*1-3-5-4-2;;;/h6-10,12H,4-5,11H2,1-3H3,(H,14,15);2*2-6,8,10H,7H2,1H3;7H,4-6H2,1-3H3;1-5H;2*3-4H2,1-2H3;1H4;1H;/q;;;;-1;;;;;+2/p-1. The van der Waals surface area contributed by atoms with Gasteiger partial charge in [-0.25, -0.2) is 37.3 Å². The maximum Gasteiger partial charge on any atom is 2.00 e. The zero-order chi connectivity index (χ0) is 54.1. The molecule has 4 aromatic carbocycles. The number of hydrogen-bond donors (Lipinski definition) is 3. The Morgan fingerprint density at radius 1 is 0.587 bits per heavy atom. The SMILES string of the molecule is C.CC(Cc1ccccc1)NOP=O.CC(Cc1ccccc1)NOP=O.CCOCC.CCOCC.CCOP(=O)(NCC(C)c1ccccc1)OCC.CCOP(=O)(OCC)N1CC1C.[Cl-].[Mg+2].[c-]1ccccc1. The molecule has 0 amide bonds. The van der Waals surface area contributed by atoms with Gasteiger partial charge in [0.1, 0.15) is 0 Å². The van der Waals surface area contributed by atoms with E-state index in [0.29, 0.717) is 39.0 Å². The number of nitrogens with zero attached hydrogens (tertiary/aromatic N) is 1. The minimum Gasteiger partial charge on any atom is -1.00 e. The summed E-state index contributed by atoms with van der Waals surface area (Å²) in [6, 6.07) is 43.4. The van der Waals surface area contributed by atoms with Crippen molar-refractivity contribution in [2.75, 3.05) is 65.9 Å². The Hall–Kier alpha value is -1.88. The van der Waals surface area contributed by atoms with Crippen LogP contribution in [0.25, 0.3) is 0 Å². The molecule has 0 bridgehead atoms.